The van der Waals surface area contributed by atoms with E-state index in [0.29, 0.717) is 18.7 Å². The number of rotatable bonds is 2. The molecule has 0 aromatic heterocycles. The van der Waals surface area contributed by atoms with Crippen LogP contribution in [0.3, 0.4) is 0 Å². The smallest absolute Gasteiger partial charge is 0.255 e. The van der Waals surface area contributed by atoms with Gasteiger partial charge in [0, 0.05) is 12.6 Å². The molecule has 1 amide bonds. The predicted molar refractivity (Wildman–Crippen MR) is 72.1 cm³/mol. The number of hydrogen-bond acceptors (Lipinski definition) is 3. The molecular weight excluding hydrogens is 302 g/mol. The van der Waals surface area contributed by atoms with Crippen LogP contribution in [0.5, 0.6) is 0 Å². The van der Waals surface area contributed by atoms with Crippen molar-refractivity contribution in [2.24, 2.45) is 5.14 Å². The zero-order valence-electron chi connectivity index (χ0n) is 11.5. The van der Waals surface area contributed by atoms with Gasteiger partial charge in [-0.2, -0.15) is 0 Å². The van der Waals surface area contributed by atoms with Gasteiger partial charge in [-0.15, -0.1) is 0 Å². The Balaban J connectivity index is 2.52. The Kier molecular flexibility index (Phi) is 4.29. The van der Waals surface area contributed by atoms with Gasteiger partial charge in [0.2, 0.25) is 10.0 Å². The van der Waals surface area contributed by atoms with Crippen molar-refractivity contribution in [3.8, 4) is 0 Å². The molecule has 0 saturated carbocycles. The number of carbonyl (C=O) groups is 1. The number of nitrogens with zero attached hydrogens (tertiary/aromatic N) is 1. The first kappa shape index (κ1) is 15.8. The summed E-state index contributed by atoms with van der Waals surface area (Å²) >= 11 is 0. The Hall–Kier alpha value is -1.54. The number of sulfonamides is 1. The Bertz CT molecular complexity index is 676. The zero-order valence-corrected chi connectivity index (χ0v) is 12.3. The molecule has 116 valence electrons. The van der Waals surface area contributed by atoms with E-state index in [-0.39, 0.29) is 6.04 Å². The highest BCUT2D eigenvalue weighted by Gasteiger charge is 2.29. The first-order chi connectivity index (χ1) is 9.71. The summed E-state index contributed by atoms with van der Waals surface area (Å²) in [5.74, 6) is -3.29. The maximum atomic E-state index is 13.4. The molecule has 2 N–H and O–H groups in total. The maximum Gasteiger partial charge on any atom is 0.255 e. The summed E-state index contributed by atoms with van der Waals surface area (Å²) < 4.78 is 49.7. The molecule has 1 aliphatic rings. The minimum atomic E-state index is -4.33. The van der Waals surface area contributed by atoms with Gasteiger partial charge in [-0.25, -0.2) is 22.3 Å². The molecule has 1 saturated heterocycles. The van der Waals surface area contributed by atoms with Gasteiger partial charge >= 0.3 is 0 Å². The summed E-state index contributed by atoms with van der Waals surface area (Å²) in [4.78, 5) is 13.2. The second kappa shape index (κ2) is 5.69. The lowest BCUT2D eigenvalue weighted by molar-refractivity contribution is 0.0631. The van der Waals surface area contributed by atoms with Gasteiger partial charge in [-0.1, -0.05) is 0 Å². The molecule has 8 heteroatoms. The molecule has 0 bridgehead atoms. The van der Waals surface area contributed by atoms with E-state index >= 15 is 0 Å². The molecule has 0 aliphatic carbocycles. The zero-order chi connectivity index (χ0) is 15.8. The van der Waals surface area contributed by atoms with Crippen LogP contribution in [0, 0.1) is 11.6 Å². The Labute approximate surface area is 121 Å². The van der Waals surface area contributed by atoms with Crippen molar-refractivity contribution < 1.29 is 22.0 Å². The van der Waals surface area contributed by atoms with Crippen LogP contribution in [0.2, 0.25) is 0 Å². The quantitative estimate of drug-likeness (QED) is 0.900. The third-order valence-corrected chi connectivity index (χ3v) is 4.57. The molecule has 1 aliphatic heterocycles. The minimum absolute atomic E-state index is 0.0901. The topological polar surface area (TPSA) is 80.5 Å². The molecule has 0 spiro atoms. The second-order valence-electron chi connectivity index (χ2n) is 5.15. The van der Waals surface area contributed by atoms with E-state index in [1.54, 1.807) is 0 Å². The molecule has 5 nitrogen and oxygen atoms in total. The van der Waals surface area contributed by atoms with E-state index in [2.05, 4.69) is 0 Å². The summed E-state index contributed by atoms with van der Waals surface area (Å²) in [5, 5.41) is 4.99. The van der Waals surface area contributed by atoms with Crippen LogP contribution in [0.1, 0.15) is 36.5 Å². The fourth-order valence-corrected chi connectivity index (χ4v) is 3.21. The first-order valence-corrected chi connectivity index (χ1v) is 8.09. The minimum Gasteiger partial charge on any atom is -0.336 e. The SMILES string of the molecule is CC1CCCCN1C(=O)c1cc(F)c(F)cc1S(N)(=O)=O. The van der Waals surface area contributed by atoms with Gasteiger partial charge in [-0.05, 0) is 38.3 Å². The van der Waals surface area contributed by atoms with Gasteiger partial charge < -0.3 is 4.90 Å². The van der Waals surface area contributed by atoms with Crippen LogP contribution in [-0.2, 0) is 10.0 Å². The number of benzene rings is 1. The fourth-order valence-electron chi connectivity index (χ4n) is 2.49. The van der Waals surface area contributed by atoms with E-state index in [9.17, 15) is 22.0 Å². The number of likely N-dealkylation sites (tertiary alicyclic amines) is 1. The number of piperidine rings is 1. The standard InChI is InChI=1S/C13H16F2N2O3S/c1-8-4-2-3-5-17(8)13(18)9-6-10(14)11(15)7-12(9)21(16,19)20/h6-8H,2-5H2,1H3,(H2,16,19,20). The van der Waals surface area contributed by atoms with Crippen LogP contribution in [0.15, 0.2) is 17.0 Å². The summed E-state index contributed by atoms with van der Waals surface area (Å²) in [6, 6.07) is 0.957. The van der Waals surface area contributed by atoms with Crippen LogP contribution in [0.25, 0.3) is 0 Å². The van der Waals surface area contributed by atoms with Crippen molar-refractivity contribution in [3.05, 3.63) is 29.3 Å². The lowest BCUT2D eigenvalue weighted by Gasteiger charge is -2.33. The predicted octanol–water partition coefficient (Wildman–Crippen LogP) is 1.63. The van der Waals surface area contributed by atoms with Crippen molar-refractivity contribution in [2.75, 3.05) is 6.54 Å². The molecule has 1 heterocycles. The molecular formula is C13H16F2N2O3S. The molecule has 21 heavy (non-hydrogen) atoms. The number of carbonyl (C=O) groups excluding carboxylic acids is 1. The normalized spacial score (nSPS) is 19.6. The van der Waals surface area contributed by atoms with Crippen molar-refractivity contribution in [1.29, 1.82) is 0 Å². The maximum absolute atomic E-state index is 13.4. The lowest BCUT2D eigenvalue weighted by atomic mass is 10.0. The third kappa shape index (κ3) is 3.21. The Morgan fingerprint density at radius 1 is 1.29 bits per heavy atom. The van der Waals surface area contributed by atoms with Gasteiger partial charge in [0.05, 0.1) is 10.5 Å². The summed E-state index contributed by atoms with van der Waals surface area (Å²) in [6.07, 6.45) is 2.52. The van der Waals surface area contributed by atoms with Gasteiger partial charge in [-0.3, -0.25) is 4.79 Å². The van der Waals surface area contributed by atoms with Gasteiger partial charge in [0.1, 0.15) is 0 Å². The van der Waals surface area contributed by atoms with Crippen LogP contribution in [-0.4, -0.2) is 31.8 Å². The highest BCUT2D eigenvalue weighted by atomic mass is 32.2. The molecule has 0 radical (unpaired) electrons. The number of nitrogens with two attached hydrogens (primary N) is 1. The number of amides is 1. The highest BCUT2D eigenvalue weighted by Crippen LogP contribution is 2.24. The summed E-state index contributed by atoms with van der Waals surface area (Å²) in [7, 11) is -4.33. The average Bonchev–Trinajstić information content (AvgIpc) is 2.40. The molecule has 1 aromatic carbocycles. The van der Waals surface area contributed by atoms with E-state index in [4.69, 9.17) is 5.14 Å². The third-order valence-electron chi connectivity index (χ3n) is 3.62. The van der Waals surface area contributed by atoms with E-state index in [0.717, 1.165) is 19.3 Å². The summed E-state index contributed by atoms with van der Waals surface area (Å²) in [6.45, 7) is 2.27. The fraction of sp³-hybridized carbons (Fsp3) is 0.462. The van der Waals surface area contributed by atoms with E-state index < -0.39 is 38.0 Å². The molecule has 1 unspecified atom stereocenters. The van der Waals surface area contributed by atoms with Crippen LogP contribution < -0.4 is 5.14 Å². The van der Waals surface area contributed by atoms with Crippen molar-refractivity contribution in [2.45, 2.75) is 37.1 Å². The van der Waals surface area contributed by atoms with Crippen LogP contribution in [0.4, 0.5) is 8.78 Å². The Morgan fingerprint density at radius 2 is 1.90 bits per heavy atom. The molecule has 1 atom stereocenters. The van der Waals surface area contributed by atoms with Gasteiger partial charge in [0.25, 0.3) is 5.91 Å². The average molecular weight is 318 g/mol. The van der Waals surface area contributed by atoms with Crippen molar-refractivity contribution in [3.63, 3.8) is 0 Å². The second-order valence-corrected chi connectivity index (χ2v) is 6.68. The van der Waals surface area contributed by atoms with Crippen LogP contribution >= 0.6 is 0 Å². The lowest BCUT2D eigenvalue weighted by Crippen LogP contribution is -2.42. The first-order valence-electron chi connectivity index (χ1n) is 6.54. The van der Waals surface area contributed by atoms with E-state index in [1.807, 2.05) is 6.92 Å². The summed E-state index contributed by atoms with van der Waals surface area (Å²) in [5.41, 5.74) is -0.426. The van der Waals surface area contributed by atoms with Gasteiger partial charge in [0.15, 0.2) is 11.6 Å². The Morgan fingerprint density at radius 3 is 2.48 bits per heavy atom. The van der Waals surface area contributed by atoms with Crippen molar-refractivity contribution >= 4 is 15.9 Å². The number of hydrogen-bond donors (Lipinski definition) is 1. The number of primary sulfonamides is 1. The largest absolute Gasteiger partial charge is 0.336 e. The monoisotopic (exact) mass is 318 g/mol. The van der Waals surface area contributed by atoms with Crippen molar-refractivity contribution in [1.82, 2.24) is 4.90 Å². The molecule has 2 rings (SSSR count). The molecule has 1 fully saturated rings. The molecule has 1 aromatic rings. The highest BCUT2D eigenvalue weighted by molar-refractivity contribution is 7.89. The number of halogens is 2. The van der Waals surface area contributed by atoms with E-state index in [1.165, 1.54) is 4.90 Å².